The number of amides is 2. The van der Waals surface area contributed by atoms with Crippen molar-refractivity contribution in [3.8, 4) is 0 Å². The molecule has 0 bridgehead atoms. The molecule has 208 valence electrons. The Kier molecular flexibility index (Phi) is 7.26. The van der Waals surface area contributed by atoms with Crippen LogP contribution in [0.2, 0.25) is 0 Å². The molecule has 6 rings (SSSR count). The highest BCUT2D eigenvalue weighted by Gasteiger charge is 2.37. The molecule has 2 N–H and O–H groups in total. The fourth-order valence-corrected chi connectivity index (χ4v) is 6.21. The summed E-state index contributed by atoms with van der Waals surface area (Å²) >= 11 is 0. The third kappa shape index (κ3) is 5.20. The van der Waals surface area contributed by atoms with Gasteiger partial charge in [-0.25, -0.2) is 0 Å². The molecule has 3 aromatic carbocycles. The molecule has 0 radical (unpaired) electrons. The van der Waals surface area contributed by atoms with Gasteiger partial charge in [-0.3, -0.25) is 19.4 Å². The number of nitrogens with one attached hydrogen (secondary N) is 2. The molecule has 0 saturated heterocycles. The first-order chi connectivity index (χ1) is 19.9. The number of aromatic nitrogens is 1. The zero-order valence-corrected chi connectivity index (χ0v) is 23.4. The number of aromatic amines is 1. The Morgan fingerprint density at radius 1 is 0.927 bits per heavy atom. The van der Waals surface area contributed by atoms with E-state index >= 15 is 0 Å². The number of ketones is 1. The van der Waals surface area contributed by atoms with Crippen molar-refractivity contribution in [2.75, 3.05) is 11.4 Å². The van der Waals surface area contributed by atoms with Crippen LogP contribution in [0.4, 0.5) is 5.69 Å². The van der Waals surface area contributed by atoms with Crippen LogP contribution in [0.25, 0.3) is 10.9 Å². The smallest absolute Gasteiger partial charge is 0.272 e. The summed E-state index contributed by atoms with van der Waals surface area (Å²) in [5.74, 6) is -0.819. The van der Waals surface area contributed by atoms with Gasteiger partial charge in [0.15, 0.2) is 5.78 Å². The quantitative estimate of drug-likeness (QED) is 0.285. The van der Waals surface area contributed by atoms with E-state index in [2.05, 4.69) is 10.3 Å². The van der Waals surface area contributed by atoms with Gasteiger partial charge in [-0.1, -0.05) is 79.9 Å². The molecule has 7 nitrogen and oxygen atoms in total. The zero-order valence-electron chi connectivity index (χ0n) is 23.4. The third-order valence-corrected chi connectivity index (χ3v) is 8.33. The van der Waals surface area contributed by atoms with Gasteiger partial charge in [0, 0.05) is 27.9 Å². The summed E-state index contributed by atoms with van der Waals surface area (Å²) in [6, 6.07) is 22.8. The molecule has 0 unspecified atom stereocenters. The lowest BCUT2D eigenvalue weighted by molar-refractivity contribution is -0.120. The maximum absolute atomic E-state index is 14.3. The first-order valence-corrected chi connectivity index (χ1v) is 14.4. The number of Topliss-reactive ketones (excluding diaryl/α,β-unsaturated/α-hetero) is 1. The van der Waals surface area contributed by atoms with Crippen molar-refractivity contribution in [2.24, 2.45) is 10.9 Å². The molecule has 1 fully saturated rings. The number of carbonyl (C=O) groups excluding carboxylic acids is 3. The van der Waals surface area contributed by atoms with Crippen LogP contribution in [-0.2, 0) is 4.79 Å². The highest BCUT2D eigenvalue weighted by Crippen LogP contribution is 2.36. The number of para-hydroxylation sites is 2. The van der Waals surface area contributed by atoms with Crippen LogP contribution in [0.15, 0.2) is 77.8 Å². The van der Waals surface area contributed by atoms with Crippen LogP contribution < -0.4 is 10.2 Å². The predicted octanol–water partition coefficient (Wildman–Crippen LogP) is 6.14. The lowest BCUT2D eigenvalue weighted by Crippen LogP contribution is -2.49. The largest absolute Gasteiger partial charge is 0.351 e. The molecule has 1 aliphatic carbocycles. The topological polar surface area (TPSA) is 94.6 Å². The predicted molar refractivity (Wildman–Crippen MR) is 162 cm³/mol. The molecule has 2 aliphatic rings. The molecule has 1 atom stereocenters. The fraction of sp³-hybridized carbons (Fsp3) is 0.294. The van der Waals surface area contributed by atoms with Crippen molar-refractivity contribution in [1.82, 2.24) is 10.3 Å². The van der Waals surface area contributed by atoms with E-state index in [0.29, 0.717) is 16.9 Å². The van der Waals surface area contributed by atoms with Crippen molar-refractivity contribution in [1.29, 1.82) is 0 Å². The number of hydrogen-bond donors (Lipinski definition) is 2. The molecule has 1 saturated carbocycles. The summed E-state index contributed by atoms with van der Waals surface area (Å²) in [5.41, 5.74) is 5.92. The lowest BCUT2D eigenvalue weighted by Gasteiger charge is -2.27. The number of benzodiazepines with no additional fused rings is 1. The second-order valence-electron chi connectivity index (χ2n) is 11.1. The van der Waals surface area contributed by atoms with E-state index in [4.69, 9.17) is 4.99 Å². The van der Waals surface area contributed by atoms with E-state index in [-0.39, 0.29) is 18.2 Å². The summed E-state index contributed by atoms with van der Waals surface area (Å²) in [5, 5.41) is 3.81. The van der Waals surface area contributed by atoms with Gasteiger partial charge in [0.05, 0.1) is 17.9 Å². The van der Waals surface area contributed by atoms with Crippen molar-refractivity contribution in [2.45, 2.75) is 52.1 Å². The maximum atomic E-state index is 14.3. The highest BCUT2D eigenvalue weighted by molar-refractivity contribution is 6.17. The van der Waals surface area contributed by atoms with Gasteiger partial charge < -0.3 is 15.2 Å². The first-order valence-electron chi connectivity index (χ1n) is 14.4. The summed E-state index contributed by atoms with van der Waals surface area (Å²) < 4.78 is 0. The number of benzene rings is 3. The fourth-order valence-electron chi connectivity index (χ4n) is 6.21. The number of aliphatic imine (C=N–C) groups is 1. The highest BCUT2D eigenvalue weighted by atomic mass is 16.2. The molecule has 41 heavy (non-hydrogen) atoms. The number of aryl methyl sites for hydroxylation is 2. The lowest BCUT2D eigenvalue weighted by atomic mass is 9.82. The Morgan fingerprint density at radius 2 is 1.66 bits per heavy atom. The van der Waals surface area contributed by atoms with Gasteiger partial charge in [-0.05, 0) is 49.9 Å². The van der Waals surface area contributed by atoms with Crippen LogP contribution >= 0.6 is 0 Å². The standard InChI is InChI=1S/C34H34N4O3/c1-21-11-6-8-16-25(21)29(39)20-38-31-22(2)12-10-17-26(31)30(23-13-4-3-5-14-23)36-32(34(38)41)37-33(40)28-19-24-15-7-9-18-27(24)35-28/h6-12,15-19,23,32,35H,3-5,13-14,20H2,1-2H3,(H,37,40)/t32-/m1/s1. The van der Waals surface area contributed by atoms with Gasteiger partial charge >= 0.3 is 0 Å². The molecule has 2 heterocycles. The summed E-state index contributed by atoms with van der Waals surface area (Å²) in [4.78, 5) is 51.1. The van der Waals surface area contributed by atoms with Crippen LogP contribution in [-0.4, -0.2) is 41.0 Å². The number of H-pyrrole nitrogens is 1. The van der Waals surface area contributed by atoms with Gasteiger partial charge in [-0.15, -0.1) is 0 Å². The second-order valence-corrected chi connectivity index (χ2v) is 11.1. The SMILES string of the molecule is Cc1ccccc1C(=O)CN1C(=O)[C@@H](NC(=O)c2cc3ccccc3[nH]2)N=C(C2CCCCC2)c2cccc(C)c21. The molecule has 0 spiro atoms. The van der Waals surface area contributed by atoms with Gasteiger partial charge in [0.25, 0.3) is 11.8 Å². The van der Waals surface area contributed by atoms with Gasteiger partial charge in [0.1, 0.15) is 5.69 Å². The van der Waals surface area contributed by atoms with Crippen molar-refractivity contribution < 1.29 is 14.4 Å². The molecule has 2 amide bonds. The minimum Gasteiger partial charge on any atom is -0.351 e. The zero-order chi connectivity index (χ0) is 28.5. The van der Waals surface area contributed by atoms with Gasteiger partial charge in [0.2, 0.25) is 6.17 Å². The van der Waals surface area contributed by atoms with Crippen LogP contribution in [0.3, 0.4) is 0 Å². The Balaban J connectivity index is 1.42. The molecule has 7 heteroatoms. The summed E-state index contributed by atoms with van der Waals surface area (Å²) in [6.45, 7) is 3.71. The van der Waals surface area contributed by atoms with Gasteiger partial charge in [-0.2, -0.15) is 0 Å². The number of hydrogen-bond acceptors (Lipinski definition) is 4. The minimum atomic E-state index is -1.16. The molecule has 1 aromatic heterocycles. The number of rotatable bonds is 6. The second kappa shape index (κ2) is 11.2. The van der Waals surface area contributed by atoms with Crippen molar-refractivity contribution in [3.05, 3.63) is 101 Å². The normalized spacial score (nSPS) is 17.6. The van der Waals surface area contributed by atoms with E-state index in [1.165, 1.54) is 11.3 Å². The Hall–Kier alpha value is -4.52. The third-order valence-electron chi connectivity index (χ3n) is 8.33. The van der Waals surface area contributed by atoms with Crippen molar-refractivity contribution >= 4 is 39.9 Å². The molecular formula is C34H34N4O3. The maximum Gasteiger partial charge on any atom is 0.272 e. The Labute approximate surface area is 239 Å². The first kappa shape index (κ1) is 26.7. The number of anilines is 1. The van der Waals surface area contributed by atoms with E-state index in [9.17, 15) is 14.4 Å². The Morgan fingerprint density at radius 3 is 2.44 bits per heavy atom. The van der Waals surface area contributed by atoms with E-state index in [1.807, 2.05) is 74.5 Å². The number of fused-ring (bicyclic) bond motifs is 2. The van der Waals surface area contributed by atoms with Crippen LogP contribution in [0, 0.1) is 19.8 Å². The molecular weight excluding hydrogens is 512 g/mol. The average molecular weight is 547 g/mol. The summed E-state index contributed by atoms with van der Waals surface area (Å²) in [6.07, 6.45) is 4.17. The van der Waals surface area contributed by atoms with E-state index in [1.54, 1.807) is 12.1 Å². The van der Waals surface area contributed by atoms with Crippen LogP contribution in [0.1, 0.15) is 69.6 Å². The average Bonchev–Trinajstić information content (AvgIpc) is 3.39. The number of carbonyl (C=O) groups is 3. The molecule has 4 aromatic rings. The minimum absolute atomic E-state index is 0.145. The van der Waals surface area contributed by atoms with E-state index < -0.39 is 18.0 Å². The number of nitrogens with zero attached hydrogens (tertiary/aromatic N) is 2. The summed E-state index contributed by atoms with van der Waals surface area (Å²) in [7, 11) is 0. The molecule has 1 aliphatic heterocycles. The van der Waals surface area contributed by atoms with E-state index in [0.717, 1.165) is 59.0 Å². The van der Waals surface area contributed by atoms with Crippen molar-refractivity contribution in [3.63, 3.8) is 0 Å². The Bertz CT molecular complexity index is 1650. The van der Waals surface area contributed by atoms with Crippen LogP contribution in [0.5, 0.6) is 0 Å². The monoisotopic (exact) mass is 546 g/mol.